The standard InChI is InChI=1S/C25H48O4/c1-22(2)20-28-24(26)18-16-14-12-10-8-6-5-7-9-11-13-15-17-19-25(27)29-21-23(3)4/h22-23H,5-21H2,1-4H3. The molecule has 0 unspecified atom stereocenters. The molecule has 0 saturated carbocycles. The van der Waals surface area contributed by atoms with Gasteiger partial charge in [0.1, 0.15) is 0 Å². The van der Waals surface area contributed by atoms with Crippen LogP contribution in [0.1, 0.15) is 124 Å². The zero-order valence-electron chi connectivity index (χ0n) is 19.8. The molecule has 4 heteroatoms. The molecular formula is C25H48O4. The first-order chi connectivity index (χ1) is 13.9. The molecule has 0 aliphatic rings. The molecule has 0 aliphatic carbocycles. The lowest BCUT2D eigenvalue weighted by molar-refractivity contribution is -0.145. The van der Waals surface area contributed by atoms with Crippen molar-refractivity contribution in [3.05, 3.63) is 0 Å². The predicted octanol–water partition coefficient (Wildman–Crippen LogP) is 7.24. The molecular weight excluding hydrogens is 364 g/mol. The van der Waals surface area contributed by atoms with Crippen molar-refractivity contribution in [2.75, 3.05) is 13.2 Å². The van der Waals surface area contributed by atoms with Gasteiger partial charge in [-0.05, 0) is 24.7 Å². The second-order valence-electron chi connectivity index (χ2n) is 9.25. The first kappa shape index (κ1) is 27.9. The number of hydrogen-bond acceptors (Lipinski definition) is 4. The molecule has 172 valence electrons. The minimum atomic E-state index is -0.0373. The SMILES string of the molecule is CC(C)COC(=O)CCCCCCCCCCCCCCCC(=O)OCC(C)C. The first-order valence-corrected chi connectivity index (χ1v) is 12.2. The zero-order valence-corrected chi connectivity index (χ0v) is 19.8. The largest absolute Gasteiger partial charge is 0.465 e. The van der Waals surface area contributed by atoms with Gasteiger partial charge in [-0.15, -0.1) is 0 Å². The highest BCUT2D eigenvalue weighted by Crippen LogP contribution is 2.14. The Morgan fingerprint density at radius 3 is 0.966 bits per heavy atom. The van der Waals surface area contributed by atoms with E-state index in [1.165, 1.54) is 57.8 Å². The Balaban J connectivity index is 3.19. The summed E-state index contributed by atoms with van der Waals surface area (Å²) in [6.07, 6.45) is 17.0. The number of carbonyl (C=O) groups excluding carboxylic acids is 2. The maximum absolute atomic E-state index is 11.5. The van der Waals surface area contributed by atoms with E-state index in [-0.39, 0.29) is 11.9 Å². The molecule has 4 nitrogen and oxygen atoms in total. The summed E-state index contributed by atoms with van der Waals surface area (Å²) in [5.74, 6) is 0.766. The van der Waals surface area contributed by atoms with E-state index in [1.54, 1.807) is 0 Å². The second kappa shape index (κ2) is 20.2. The van der Waals surface area contributed by atoms with E-state index in [1.807, 2.05) is 0 Å². The highest BCUT2D eigenvalue weighted by Gasteiger charge is 2.05. The lowest BCUT2D eigenvalue weighted by Crippen LogP contribution is -2.09. The predicted molar refractivity (Wildman–Crippen MR) is 121 cm³/mol. The molecule has 0 rings (SSSR count). The van der Waals surface area contributed by atoms with Crippen molar-refractivity contribution in [2.45, 2.75) is 124 Å². The van der Waals surface area contributed by atoms with Crippen LogP contribution in [-0.4, -0.2) is 25.2 Å². The lowest BCUT2D eigenvalue weighted by Gasteiger charge is -2.07. The molecule has 0 fully saturated rings. The van der Waals surface area contributed by atoms with E-state index in [2.05, 4.69) is 27.7 Å². The average molecular weight is 413 g/mol. The summed E-state index contributed by atoms with van der Waals surface area (Å²) >= 11 is 0. The van der Waals surface area contributed by atoms with E-state index < -0.39 is 0 Å². The van der Waals surface area contributed by atoms with Crippen LogP contribution in [0.15, 0.2) is 0 Å². The number of unbranched alkanes of at least 4 members (excludes halogenated alkanes) is 12. The van der Waals surface area contributed by atoms with Gasteiger partial charge in [-0.1, -0.05) is 98.3 Å². The van der Waals surface area contributed by atoms with Gasteiger partial charge in [0.05, 0.1) is 13.2 Å². The zero-order chi connectivity index (χ0) is 21.7. The average Bonchev–Trinajstić information content (AvgIpc) is 2.67. The van der Waals surface area contributed by atoms with Gasteiger partial charge in [0.15, 0.2) is 0 Å². The van der Waals surface area contributed by atoms with Crippen molar-refractivity contribution < 1.29 is 19.1 Å². The van der Waals surface area contributed by atoms with Crippen LogP contribution in [0.2, 0.25) is 0 Å². The van der Waals surface area contributed by atoms with Crippen LogP contribution in [-0.2, 0) is 19.1 Å². The van der Waals surface area contributed by atoms with Crippen molar-refractivity contribution in [3.63, 3.8) is 0 Å². The summed E-state index contributed by atoms with van der Waals surface area (Å²) in [4.78, 5) is 23.0. The number of ether oxygens (including phenoxy) is 2. The highest BCUT2D eigenvalue weighted by atomic mass is 16.5. The van der Waals surface area contributed by atoms with Crippen molar-refractivity contribution >= 4 is 11.9 Å². The third-order valence-corrected chi connectivity index (χ3v) is 4.92. The van der Waals surface area contributed by atoms with Crippen molar-refractivity contribution in [1.29, 1.82) is 0 Å². The van der Waals surface area contributed by atoms with Crippen molar-refractivity contribution in [1.82, 2.24) is 0 Å². The molecule has 0 aliphatic heterocycles. The molecule has 0 aromatic carbocycles. The third kappa shape index (κ3) is 23.1. The smallest absolute Gasteiger partial charge is 0.305 e. The van der Waals surface area contributed by atoms with Crippen LogP contribution in [0.4, 0.5) is 0 Å². The van der Waals surface area contributed by atoms with Crippen LogP contribution < -0.4 is 0 Å². The molecule has 0 atom stereocenters. The first-order valence-electron chi connectivity index (χ1n) is 12.2. The quantitative estimate of drug-likeness (QED) is 0.156. The van der Waals surface area contributed by atoms with E-state index in [9.17, 15) is 9.59 Å². The number of esters is 2. The molecule has 0 amide bonds. The third-order valence-electron chi connectivity index (χ3n) is 4.92. The molecule has 0 spiro atoms. The Bertz CT molecular complexity index is 354. The molecule has 0 bridgehead atoms. The van der Waals surface area contributed by atoms with Gasteiger partial charge in [0, 0.05) is 12.8 Å². The summed E-state index contributed by atoms with van der Waals surface area (Å²) < 4.78 is 10.4. The van der Waals surface area contributed by atoms with Crippen LogP contribution in [0.3, 0.4) is 0 Å². The minimum absolute atomic E-state index is 0.0373. The molecule has 0 N–H and O–H groups in total. The number of hydrogen-bond donors (Lipinski definition) is 0. The van der Waals surface area contributed by atoms with E-state index >= 15 is 0 Å². The molecule has 0 saturated heterocycles. The minimum Gasteiger partial charge on any atom is -0.465 e. The number of carbonyl (C=O) groups is 2. The molecule has 0 heterocycles. The maximum atomic E-state index is 11.5. The summed E-state index contributed by atoms with van der Waals surface area (Å²) in [5, 5.41) is 0. The van der Waals surface area contributed by atoms with Gasteiger partial charge in [0.25, 0.3) is 0 Å². The normalized spacial score (nSPS) is 11.2. The van der Waals surface area contributed by atoms with Gasteiger partial charge < -0.3 is 9.47 Å². The molecule has 0 aromatic rings. The Labute approximate surface area is 180 Å². The van der Waals surface area contributed by atoms with E-state index in [0.29, 0.717) is 37.9 Å². The fourth-order valence-corrected chi connectivity index (χ4v) is 3.15. The molecule has 0 radical (unpaired) electrons. The Morgan fingerprint density at radius 1 is 0.483 bits per heavy atom. The summed E-state index contributed by atoms with van der Waals surface area (Å²) in [6.45, 7) is 9.33. The van der Waals surface area contributed by atoms with Crippen LogP contribution >= 0.6 is 0 Å². The lowest BCUT2D eigenvalue weighted by atomic mass is 10.0. The van der Waals surface area contributed by atoms with Gasteiger partial charge in [-0.3, -0.25) is 9.59 Å². The van der Waals surface area contributed by atoms with E-state index in [4.69, 9.17) is 9.47 Å². The Morgan fingerprint density at radius 2 is 0.724 bits per heavy atom. The van der Waals surface area contributed by atoms with Gasteiger partial charge >= 0.3 is 11.9 Å². The van der Waals surface area contributed by atoms with Crippen molar-refractivity contribution in [2.24, 2.45) is 11.8 Å². The summed E-state index contributed by atoms with van der Waals surface area (Å²) in [5.41, 5.74) is 0. The van der Waals surface area contributed by atoms with Crippen LogP contribution in [0.25, 0.3) is 0 Å². The maximum Gasteiger partial charge on any atom is 0.305 e. The Kier molecular flexibility index (Phi) is 19.5. The molecule has 29 heavy (non-hydrogen) atoms. The van der Waals surface area contributed by atoms with Gasteiger partial charge in [-0.25, -0.2) is 0 Å². The van der Waals surface area contributed by atoms with Gasteiger partial charge in [0.2, 0.25) is 0 Å². The number of rotatable bonds is 20. The topological polar surface area (TPSA) is 52.6 Å². The highest BCUT2D eigenvalue weighted by molar-refractivity contribution is 5.69. The van der Waals surface area contributed by atoms with E-state index in [0.717, 1.165) is 25.7 Å². The fraction of sp³-hybridized carbons (Fsp3) is 0.920. The van der Waals surface area contributed by atoms with Crippen LogP contribution in [0.5, 0.6) is 0 Å². The fourth-order valence-electron chi connectivity index (χ4n) is 3.15. The van der Waals surface area contributed by atoms with Crippen molar-refractivity contribution in [3.8, 4) is 0 Å². The Hall–Kier alpha value is -1.06. The summed E-state index contributed by atoms with van der Waals surface area (Å²) in [6, 6.07) is 0. The monoisotopic (exact) mass is 412 g/mol. The van der Waals surface area contributed by atoms with Crippen LogP contribution in [0, 0.1) is 11.8 Å². The summed E-state index contributed by atoms with van der Waals surface area (Å²) in [7, 11) is 0. The molecule has 0 aromatic heterocycles. The second-order valence-corrected chi connectivity index (χ2v) is 9.25. The van der Waals surface area contributed by atoms with Gasteiger partial charge in [-0.2, -0.15) is 0 Å².